The zero-order valence-electron chi connectivity index (χ0n) is 13.7. The van der Waals surface area contributed by atoms with E-state index in [1.807, 2.05) is 24.4 Å². The molecule has 0 spiro atoms. The highest BCUT2D eigenvalue weighted by molar-refractivity contribution is 7.14. The number of aromatic nitrogens is 3. The maximum Gasteiger partial charge on any atom is 0.277 e. The van der Waals surface area contributed by atoms with Crippen LogP contribution in [0, 0.1) is 12.8 Å². The SMILES string of the molecule is Cc1nc(C(=O)Nc2nc(-c3cccnc3)cs2)c(CC(C)C)s1. The number of hydrogen-bond acceptors (Lipinski definition) is 6. The highest BCUT2D eigenvalue weighted by atomic mass is 32.1. The maximum atomic E-state index is 12.6. The third-order valence-corrected chi connectivity index (χ3v) is 5.05. The van der Waals surface area contributed by atoms with Crippen LogP contribution < -0.4 is 5.32 Å². The molecule has 0 unspecified atom stereocenters. The fraction of sp³-hybridized carbons (Fsp3) is 0.294. The first-order valence-corrected chi connectivity index (χ1v) is 9.36. The molecule has 3 aromatic rings. The zero-order chi connectivity index (χ0) is 17.1. The van der Waals surface area contributed by atoms with Gasteiger partial charge in [-0.25, -0.2) is 9.97 Å². The quantitative estimate of drug-likeness (QED) is 0.733. The summed E-state index contributed by atoms with van der Waals surface area (Å²) in [4.78, 5) is 26.5. The lowest BCUT2D eigenvalue weighted by atomic mass is 10.1. The third-order valence-electron chi connectivity index (χ3n) is 3.29. The molecule has 0 aliphatic heterocycles. The van der Waals surface area contributed by atoms with E-state index in [0.29, 0.717) is 16.7 Å². The van der Waals surface area contributed by atoms with Crippen LogP contribution in [0.2, 0.25) is 0 Å². The Hall–Kier alpha value is -2.12. The molecule has 24 heavy (non-hydrogen) atoms. The van der Waals surface area contributed by atoms with Crippen molar-refractivity contribution in [3.63, 3.8) is 0 Å². The summed E-state index contributed by atoms with van der Waals surface area (Å²) < 4.78 is 0. The van der Waals surface area contributed by atoms with Gasteiger partial charge < -0.3 is 0 Å². The van der Waals surface area contributed by atoms with Crippen molar-refractivity contribution in [2.75, 3.05) is 5.32 Å². The Kier molecular flexibility index (Phi) is 5.01. The number of anilines is 1. The summed E-state index contributed by atoms with van der Waals surface area (Å²) in [5, 5.41) is 6.26. The second-order valence-corrected chi connectivity index (χ2v) is 7.98. The molecule has 0 saturated heterocycles. The van der Waals surface area contributed by atoms with Gasteiger partial charge in [-0.3, -0.25) is 15.1 Å². The van der Waals surface area contributed by atoms with Gasteiger partial charge in [-0.1, -0.05) is 13.8 Å². The second-order valence-electron chi connectivity index (χ2n) is 5.84. The van der Waals surface area contributed by atoms with Crippen LogP contribution in [0.4, 0.5) is 5.13 Å². The molecule has 1 N–H and O–H groups in total. The van der Waals surface area contributed by atoms with E-state index in [1.165, 1.54) is 11.3 Å². The van der Waals surface area contributed by atoms with Crippen molar-refractivity contribution in [2.45, 2.75) is 27.2 Å². The molecule has 0 fully saturated rings. The number of nitrogens with one attached hydrogen (secondary N) is 1. The van der Waals surface area contributed by atoms with Crippen molar-refractivity contribution in [3.05, 3.63) is 45.5 Å². The molecule has 3 rings (SSSR count). The van der Waals surface area contributed by atoms with E-state index in [2.05, 4.69) is 34.1 Å². The molecule has 3 aromatic heterocycles. The Morgan fingerprint density at radius 2 is 2.17 bits per heavy atom. The molecule has 3 heterocycles. The minimum Gasteiger partial charge on any atom is -0.296 e. The van der Waals surface area contributed by atoms with Gasteiger partial charge in [-0.05, 0) is 31.4 Å². The van der Waals surface area contributed by atoms with Gasteiger partial charge in [0.05, 0.1) is 10.7 Å². The van der Waals surface area contributed by atoms with Crippen molar-refractivity contribution < 1.29 is 4.79 Å². The van der Waals surface area contributed by atoms with Crippen molar-refractivity contribution in [1.29, 1.82) is 0 Å². The van der Waals surface area contributed by atoms with E-state index in [4.69, 9.17) is 0 Å². The molecule has 0 aromatic carbocycles. The molecule has 5 nitrogen and oxygen atoms in total. The average Bonchev–Trinajstić information content (AvgIpc) is 3.14. The summed E-state index contributed by atoms with van der Waals surface area (Å²) in [6.07, 6.45) is 4.33. The van der Waals surface area contributed by atoms with Crippen molar-refractivity contribution in [2.24, 2.45) is 5.92 Å². The van der Waals surface area contributed by atoms with Crippen LogP contribution in [0.25, 0.3) is 11.3 Å². The number of thiazole rings is 2. The molecule has 7 heteroatoms. The number of nitrogens with zero attached hydrogens (tertiary/aromatic N) is 3. The fourth-order valence-electron chi connectivity index (χ4n) is 2.29. The standard InChI is InChI=1S/C17H18N4OS2/c1-10(2)7-14-15(19-11(3)24-14)16(22)21-17-20-13(9-23-17)12-5-4-6-18-8-12/h4-6,8-10H,7H2,1-3H3,(H,20,21,22). The van der Waals surface area contributed by atoms with Crippen LogP contribution in [-0.2, 0) is 6.42 Å². The van der Waals surface area contributed by atoms with Crippen molar-refractivity contribution >= 4 is 33.7 Å². The number of aryl methyl sites for hydroxylation is 1. The van der Waals surface area contributed by atoms with Crippen LogP contribution in [0.15, 0.2) is 29.9 Å². The fourth-order valence-corrected chi connectivity index (χ4v) is 4.15. The molecule has 0 bridgehead atoms. The van der Waals surface area contributed by atoms with Crippen LogP contribution in [0.1, 0.15) is 34.2 Å². The first-order valence-electron chi connectivity index (χ1n) is 7.66. The Balaban J connectivity index is 1.77. The predicted molar refractivity (Wildman–Crippen MR) is 98.7 cm³/mol. The predicted octanol–water partition coefficient (Wildman–Crippen LogP) is 4.42. The van der Waals surface area contributed by atoms with E-state index < -0.39 is 0 Å². The Morgan fingerprint density at radius 3 is 2.88 bits per heavy atom. The van der Waals surface area contributed by atoms with E-state index >= 15 is 0 Å². The number of pyridine rings is 1. The van der Waals surface area contributed by atoms with Crippen molar-refractivity contribution in [1.82, 2.24) is 15.0 Å². The normalized spacial score (nSPS) is 11.0. The van der Waals surface area contributed by atoms with Gasteiger partial charge in [0, 0.05) is 28.2 Å². The molecule has 0 aliphatic rings. The number of hydrogen-bond donors (Lipinski definition) is 1. The van der Waals surface area contributed by atoms with Gasteiger partial charge in [0.25, 0.3) is 5.91 Å². The number of carbonyl (C=O) groups is 1. The Morgan fingerprint density at radius 1 is 1.33 bits per heavy atom. The summed E-state index contributed by atoms with van der Waals surface area (Å²) in [7, 11) is 0. The third kappa shape index (κ3) is 3.85. The lowest BCUT2D eigenvalue weighted by molar-refractivity contribution is 0.102. The molecular weight excluding hydrogens is 340 g/mol. The zero-order valence-corrected chi connectivity index (χ0v) is 15.4. The van der Waals surface area contributed by atoms with Gasteiger partial charge >= 0.3 is 0 Å². The first kappa shape index (κ1) is 16.7. The topological polar surface area (TPSA) is 67.8 Å². The number of rotatable bonds is 5. The van der Waals surface area contributed by atoms with Gasteiger partial charge in [0.2, 0.25) is 0 Å². The summed E-state index contributed by atoms with van der Waals surface area (Å²) >= 11 is 2.99. The van der Waals surface area contributed by atoms with E-state index in [0.717, 1.165) is 27.6 Å². The summed E-state index contributed by atoms with van der Waals surface area (Å²) in [6, 6.07) is 3.81. The number of amides is 1. The summed E-state index contributed by atoms with van der Waals surface area (Å²) in [6.45, 7) is 6.20. The molecular formula is C17H18N4OS2. The molecule has 0 atom stereocenters. The number of carbonyl (C=O) groups excluding carboxylic acids is 1. The van der Waals surface area contributed by atoms with E-state index in [9.17, 15) is 4.79 Å². The van der Waals surface area contributed by atoms with Crippen LogP contribution in [-0.4, -0.2) is 20.9 Å². The molecule has 0 aliphatic carbocycles. The average molecular weight is 358 g/mol. The van der Waals surface area contributed by atoms with Gasteiger partial charge in [-0.2, -0.15) is 0 Å². The van der Waals surface area contributed by atoms with Crippen LogP contribution >= 0.6 is 22.7 Å². The second kappa shape index (κ2) is 7.19. The minimum atomic E-state index is -0.193. The molecule has 124 valence electrons. The van der Waals surface area contributed by atoms with Crippen molar-refractivity contribution in [3.8, 4) is 11.3 Å². The van der Waals surface area contributed by atoms with Gasteiger partial charge in [0.15, 0.2) is 5.13 Å². The van der Waals surface area contributed by atoms with Gasteiger partial charge in [-0.15, -0.1) is 22.7 Å². The van der Waals surface area contributed by atoms with E-state index in [1.54, 1.807) is 23.7 Å². The summed E-state index contributed by atoms with van der Waals surface area (Å²) in [5.41, 5.74) is 2.25. The van der Waals surface area contributed by atoms with Crippen LogP contribution in [0.5, 0.6) is 0 Å². The summed E-state index contributed by atoms with van der Waals surface area (Å²) in [5.74, 6) is 0.288. The molecule has 0 saturated carbocycles. The minimum absolute atomic E-state index is 0.193. The molecule has 0 radical (unpaired) electrons. The lowest BCUT2D eigenvalue weighted by Crippen LogP contribution is -2.14. The lowest BCUT2D eigenvalue weighted by Gasteiger charge is -2.04. The Bertz CT molecular complexity index is 839. The van der Waals surface area contributed by atoms with Gasteiger partial charge in [0.1, 0.15) is 5.69 Å². The highest BCUT2D eigenvalue weighted by Crippen LogP contribution is 2.26. The Labute approximate surface area is 148 Å². The first-order chi connectivity index (χ1) is 11.5. The monoisotopic (exact) mass is 358 g/mol. The largest absolute Gasteiger partial charge is 0.296 e. The highest BCUT2D eigenvalue weighted by Gasteiger charge is 2.19. The smallest absolute Gasteiger partial charge is 0.277 e. The van der Waals surface area contributed by atoms with Crippen LogP contribution in [0.3, 0.4) is 0 Å². The molecule has 1 amide bonds. The maximum absolute atomic E-state index is 12.6. The van der Waals surface area contributed by atoms with E-state index in [-0.39, 0.29) is 5.91 Å².